The van der Waals surface area contributed by atoms with Gasteiger partial charge < -0.3 is 20.5 Å². The number of hydrogen-bond donors (Lipinski definition) is 3. The van der Waals surface area contributed by atoms with Gasteiger partial charge in [0.25, 0.3) is 0 Å². The van der Waals surface area contributed by atoms with E-state index in [-0.39, 0.29) is 12.3 Å². The maximum absolute atomic E-state index is 12.5. The molecule has 0 aliphatic rings. The third-order valence-electron chi connectivity index (χ3n) is 4.94. The van der Waals surface area contributed by atoms with E-state index in [4.69, 9.17) is 9.84 Å². The molecule has 2 rings (SSSR count). The van der Waals surface area contributed by atoms with Gasteiger partial charge in [-0.2, -0.15) is 0 Å². The Labute approximate surface area is 194 Å². The summed E-state index contributed by atoms with van der Waals surface area (Å²) in [6.07, 6.45) is 1.22. The van der Waals surface area contributed by atoms with E-state index in [1.165, 1.54) is 19.0 Å². The number of anilines is 3. The number of nitrogens with zero attached hydrogens (tertiary/aromatic N) is 2. The number of hydrogen-bond acceptors (Lipinski definition) is 5. The average molecular weight is 457 g/mol. The summed E-state index contributed by atoms with van der Waals surface area (Å²) in [5, 5.41) is 17.9. The molecule has 0 atom stereocenters. The van der Waals surface area contributed by atoms with Crippen LogP contribution in [0.1, 0.15) is 38.7 Å². The Balaban J connectivity index is 2.23. The van der Waals surface area contributed by atoms with Gasteiger partial charge in [-0.15, -0.1) is 0 Å². The second-order valence-corrected chi connectivity index (χ2v) is 7.56. The highest BCUT2D eigenvalue weighted by Crippen LogP contribution is 2.31. The first-order valence-corrected chi connectivity index (χ1v) is 10.9. The molecule has 3 N–H and O–H groups in total. The van der Waals surface area contributed by atoms with Gasteiger partial charge in [-0.3, -0.25) is 9.59 Å². The van der Waals surface area contributed by atoms with Crippen LogP contribution < -0.4 is 20.4 Å². The van der Waals surface area contributed by atoms with Gasteiger partial charge in [-0.25, -0.2) is 14.8 Å². The molecule has 3 amide bonds. The topological polar surface area (TPSA) is 111 Å². The van der Waals surface area contributed by atoms with Crippen molar-refractivity contribution >= 4 is 35.0 Å². The number of nitrogens with one attached hydrogen (secondary N) is 2. The van der Waals surface area contributed by atoms with Crippen LogP contribution in [0, 0.1) is 6.92 Å². The van der Waals surface area contributed by atoms with Gasteiger partial charge in [-0.1, -0.05) is 25.1 Å². The molecule has 0 fully saturated rings. The van der Waals surface area contributed by atoms with E-state index in [1.54, 1.807) is 18.2 Å². The Bertz CT molecular complexity index is 979. The Morgan fingerprint density at radius 1 is 1.03 bits per heavy atom. The van der Waals surface area contributed by atoms with Crippen LogP contribution in [-0.4, -0.2) is 48.2 Å². The third-order valence-corrected chi connectivity index (χ3v) is 4.94. The predicted octanol–water partition coefficient (Wildman–Crippen LogP) is 4.49. The first-order valence-electron chi connectivity index (χ1n) is 10.9. The van der Waals surface area contributed by atoms with Gasteiger partial charge in [0.1, 0.15) is 5.75 Å². The van der Waals surface area contributed by atoms with Crippen LogP contribution in [0.3, 0.4) is 0 Å². The average Bonchev–Trinajstić information content (AvgIpc) is 2.76. The maximum atomic E-state index is 12.5. The number of carboxylic acid groups (broad SMARTS) is 1. The van der Waals surface area contributed by atoms with Crippen molar-refractivity contribution in [2.75, 3.05) is 35.8 Å². The number of carboxylic acids is 1. The highest BCUT2D eigenvalue weighted by molar-refractivity contribution is 6.01. The van der Waals surface area contributed by atoms with Crippen LogP contribution in [0.25, 0.3) is 0 Å². The molecule has 9 nitrogen and oxygen atoms in total. The fourth-order valence-electron chi connectivity index (χ4n) is 3.43. The second kappa shape index (κ2) is 12.4. The third kappa shape index (κ3) is 7.50. The Kier molecular flexibility index (Phi) is 9.68. The quantitative estimate of drug-likeness (QED) is 0.430. The molecule has 0 aromatic heterocycles. The molecule has 0 radical (unpaired) electrons. The molecule has 0 heterocycles. The van der Waals surface area contributed by atoms with Crippen molar-refractivity contribution in [1.82, 2.24) is 5.01 Å². The fraction of sp³-hybridized carbons (Fsp3) is 0.375. The van der Waals surface area contributed by atoms with Gasteiger partial charge in [0.15, 0.2) is 0 Å². The van der Waals surface area contributed by atoms with E-state index in [1.807, 2.05) is 43.1 Å². The zero-order valence-electron chi connectivity index (χ0n) is 19.6. The number of urea groups is 1. The highest BCUT2D eigenvalue weighted by atomic mass is 16.5. The van der Waals surface area contributed by atoms with Gasteiger partial charge in [0.2, 0.25) is 5.91 Å². The molecule has 0 aliphatic heterocycles. The number of hydrazine groups is 1. The largest absolute Gasteiger partial charge is 0.494 e. The standard InChI is InChI=1S/C24H32N4O5/c1-5-14-27(15-8-11-23(30)31)28(18(3)29)19-12-13-21(22(16-19)33-4)26-24(32)25-20-10-7-6-9-17(20)2/h6-7,9-10,12-13,16H,5,8,11,14-15H2,1-4H3,(H,30,31)(H2,25,26,32). The number of aliphatic carboxylic acids is 1. The normalized spacial score (nSPS) is 10.6. The second-order valence-electron chi connectivity index (χ2n) is 7.56. The molecule has 0 aliphatic carbocycles. The summed E-state index contributed by atoms with van der Waals surface area (Å²) in [5.74, 6) is -0.693. The monoisotopic (exact) mass is 456 g/mol. The van der Waals surface area contributed by atoms with Crippen molar-refractivity contribution in [3.05, 3.63) is 48.0 Å². The number of benzene rings is 2. The summed E-state index contributed by atoms with van der Waals surface area (Å²) in [4.78, 5) is 35.9. The molecule has 0 saturated heterocycles. The van der Waals surface area contributed by atoms with Gasteiger partial charge in [-0.05, 0) is 43.5 Å². The van der Waals surface area contributed by atoms with Crippen molar-refractivity contribution in [1.29, 1.82) is 0 Å². The first-order chi connectivity index (χ1) is 15.8. The van der Waals surface area contributed by atoms with E-state index < -0.39 is 12.0 Å². The number of carbonyl (C=O) groups is 3. The lowest BCUT2D eigenvalue weighted by atomic mass is 10.2. The number of aryl methyl sites for hydroxylation is 1. The molecule has 2 aromatic rings. The summed E-state index contributed by atoms with van der Waals surface area (Å²) in [7, 11) is 1.48. The lowest BCUT2D eigenvalue weighted by molar-refractivity contribution is -0.137. The van der Waals surface area contributed by atoms with Crippen molar-refractivity contribution in [2.45, 2.75) is 40.0 Å². The molecule has 2 aromatic carbocycles. The van der Waals surface area contributed by atoms with Crippen LogP contribution in [0.2, 0.25) is 0 Å². The van der Waals surface area contributed by atoms with Crippen molar-refractivity contribution in [2.24, 2.45) is 0 Å². The summed E-state index contributed by atoms with van der Waals surface area (Å²) in [6.45, 7) is 6.35. The number of rotatable bonds is 11. The van der Waals surface area contributed by atoms with Crippen molar-refractivity contribution in [3.8, 4) is 5.75 Å². The van der Waals surface area contributed by atoms with E-state index in [0.29, 0.717) is 42.3 Å². The fourth-order valence-corrected chi connectivity index (χ4v) is 3.43. The van der Waals surface area contributed by atoms with Gasteiger partial charge >= 0.3 is 12.0 Å². The smallest absolute Gasteiger partial charge is 0.323 e. The Hall–Kier alpha value is -3.59. The maximum Gasteiger partial charge on any atom is 0.323 e. The number of methoxy groups -OCH3 is 1. The van der Waals surface area contributed by atoms with E-state index in [9.17, 15) is 14.4 Å². The van der Waals surface area contributed by atoms with E-state index in [2.05, 4.69) is 10.6 Å². The zero-order chi connectivity index (χ0) is 24.4. The molecule has 33 heavy (non-hydrogen) atoms. The van der Waals surface area contributed by atoms with Gasteiger partial charge in [0.05, 0.1) is 18.5 Å². The molecule has 0 unspecified atom stereocenters. The SMILES string of the molecule is CCCN(CCCC(=O)O)N(C(C)=O)c1ccc(NC(=O)Nc2ccccc2C)c(OC)c1. The minimum atomic E-state index is -0.873. The number of amides is 3. The first kappa shape index (κ1) is 25.7. The van der Waals surface area contributed by atoms with Crippen LogP contribution >= 0.6 is 0 Å². The highest BCUT2D eigenvalue weighted by Gasteiger charge is 2.22. The molecule has 0 bridgehead atoms. The lowest BCUT2D eigenvalue weighted by Gasteiger charge is -2.34. The van der Waals surface area contributed by atoms with Crippen molar-refractivity contribution < 1.29 is 24.2 Å². The molecule has 9 heteroatoms. The molecule has 178 valence electrons. The number of ether oxygens (including phenoxy) is 1. The summed E-state index contributed by atoms with van der Waals surface area (Å²) in [5.41, 5.74) is 2.65. The summed E-state index contributed by atoms with van der Waals surface area (Å²) < 4.78 is 5.47. The van der Waals surface area contributed by atoms with Crippen LogP contribution in [0.15, 0.2) is 42.5 Å². The summed E-state index contributed by atoms with van der Waals surface area (Å²) in [6, 6.07) is 12.1. The summed E-state index contributed by atoms with van der Waals surface area (Å²) >= 11 is 0. The Morgan fingerprint density at radius 3 is 2.33 bits per heavy atom. The minimum Gasteiger partial charge on any atom is -0.494 e. The van der Waals surface area contributed by atoms with E-state index in [0.717, 1.165) is 12.0 Å². The zero-order valence-corrected chi connectivity index (χ0v) is 19.6. The molecule has 0 saturated carbocycles. The van der Waals surface area contributed by atoms with Crippen LogP contribution in [-0.2, 0) is 9.59 Å². The molecular formula is C24H32N4O5. The molecular weight excluding hydrogens is 424 g/mol. The van der Waals surface area contributed by atoms with E-state index >= 15 is 0 Å². The van der Waals surface area contributed by atoms with Crippen LogP contribution in [0.5, 0.6) is 5.75 Å². The molecule has 0 spiro atoms. The van der Waals surface area contributed by atoms with Crippen molar-refractivity contribution in [3.63, 3.8) is 0 Å². The lowest BCUT2D eigenvalue weighted by Crippen LogP contribution is -2.47. The van der Waals surface area contributed by atoms with Gasteiger partial charge in [0, 0.05) is 38.2 Å². The minimum absolute atomic E-state index is 0.0220. The number of para-hydroxylation sites is 1. The Morgan fingerprint density at radius 2 is 1.73 bits per heavy atom. The predicted molar refractivity (Wildman–Crippen MR) is 129 cm³/mol. The number of carbonyl (C=O) groups excluding carboxylic acids is 2. The van der Waals surface area contributed by atoms with Crippen LogP contribution in [0.4, 0.5) is 21.9 Å².